The number of carbonyl (C=O) groups is 1. The van der Waals surface area contributed by atoms with Gasteiger partial charge in [-0.1, -0.05) is 24.3 Å². The Morgan fingerprint density at radius 1 is 0.970 bits per heavy atom. The van der Waals surface area contributed by atoms with Crippen molar-refractivity contribution in [2.75, 3.05) is 44.2 Å². The van der Waals surface area contributed by atoms with Crippen LogP contribution in [0.1, 0.15) is 16.8 Å². The van der Waals surface area contributed by atoms with Crippen LogP contribution in [0, 0.1) is 6.92 Å². The van der Waals surface area contributed by atoms with Crippen molar-refractivity contribution in [3.05, 3.63) is 59.7 Å². The van der Waals surface area contributed by atoms with Gasteiger partial charge < -0.3 is 14.5 Å². The average Bonchev–Trinajstić information content (AvgIpc) is 3.40. The molecule has 2 aliphatic rings. The summed E-state index contributed by atoms with van der Waals surface area (Å²) in [6, 6.07) is 8.22. The van der Waals surface area contributed by atoms with E-state index in [-0.39, 0.29) is 6.09 Å². The molecule has 9 heteroatoms. The van der Waals surface area contributed by atoms with E-state index >= 15 is 0 Å². The molecule has 172 valence electrons. The smallest absolute Gasteiger partial charge is 0.410 e. The molecule has 0 radical (unpaired) electrons. The number of rotatable bonds is 6. The van der Waals surface area contributed by atoms with Gasteiger partial charge in [0, 0.05) is 75.5 Å². The summed E-state index contributed by atoms with van der Waals surface area (Å²) >= 11 is 0. The van der Waals surface area contributed by atoms with Crippen LogP contribution in [0.25, 0.3) is 11.3 Å². The molecule has 0 unspecified atom stereocenters. The summed E-state index contributed by atoms with van der Waals surface area (Å²) in [5.41, 5.74) is 5.50. The lowest BCUT2D eigenvalue weighted by molar-refractivity contribution is 0.157. The van der Waals surface area contributed by atoms with Gasteiger partial charge in [0.15, 0.2) is 5.82 Å². The Balaban J connectivity index is 1.25. The number of amides is 1. The summed E-state index contributed by atoms with van der Waals surface area (Å²) in [5.74, 6) is 0.922. The van der Waals surface area contributed by atoms with Gasteiger partial charge in [-0.3, -0.25) is 14.6 Å². The molecule has 5 rings (SSSR count). The van der Waals surface area contributed by atoms with Crippen LogP contribution in [0.4, 0.5) is 10.6 Å². The Kier molecular flexibility index (Phi) is 5.95. The standard InChI is InChI=1S/C24H29N7O2/c1-18-21(15-27-28(18)2)17-29-9-11-30(12-10-29)23-22(25-7-8-26-23)20-5-3-19(4-6-20)16-31-13-14-33-24(31)32/h3-8,15H,9-14,16-17H2,1-2H3. The molecule has 2 fully saturated rings. The van der Waals surface area contributed by atoms with Crippen LogP contribution < -0.4 is 4.90 Å². The summed E-state index contributed by atoms with van der Waals surface area (Å²) in [5, 5.41) is 4.36. The molecule has 0 aliphatic carbocycles. The maximum Gasteiger partial charge on any atom is 0.410 e. The molecule has 0 bridgehead atoms. The molecular weight excluding hydrogens is 418 g/mol. The Morgan fingerprint density at radius 3 is 2.39 bits per heavy atom. The van der Waals surface area contributed by atoms with Gasteiger partial charge in [-0.05, 0) is 12.5 Å². The van der Waals surface area contributed by atoms with Crippen LogP contribution >= 0.6 is 0 Å². The second kappa shape index (κ2) is 9.19. The number of aromatic nitrogens is 4. The predicted octanol–water partition coefficient (Wildman–Crippen LogP) is 2.46. The molecule has 4 heterocycles. The zero-order chi connectivity index (χ0) is 22.8. The van der Waals surface area contributed by atoms with Gasteiger partial charge in [0.1, 0.15) is 12.3 Å². The Bertz CT molecular complexity index is 1120. The van der Waals surface area contributed by atoms with Gasteiger partial charge in [-0.25, -0.2) is 9.78 Å². The third-order valence-electron chi connectivity index (χ3n) is 6.53. The Morgan fingerprint density at radius 2 is 1.73 bits per heavy atom. The first-order valence-corrected chi connectivity index (χ1v) is 11.4. The van der Waals surface area contributed by atoms with Crippen LogP contribution in [-0.2, 0) is 24.9 Å². The minimum absolute atomic E-state index is 0.242. The topological polar surface area (TPSA) is 79.6 Å². The number of carbonyl (C=O) groups excluding carboxylic acids is 1. The van der Waals surface area contributed by atoms with Crippen molar-refractivity contribution in [3.8, 4) is 11.3 Å². The molecule has 1 amide bonds. The maximum absolute atomic E-state index is 11.7. The molecule has 2 aromatic heterocycles. The molecule has 9 nitrogen and oxygen atoms in total. The fourth-order valence-corrected chi connectivity index (χ4v) is 4.38. The van der Waals surface area contributed by atoms with Crippen molar-refractivity contribution in [1.82, 2.24) is 29.5 Å². The minimum atomic E-state index is -0.242. The van der Waals surface area contributed by atoms with Gasteiger partial charge in [0.05, 0.1) is 12.7 Å². The van der Waals surface area contributed by atoms with Crippen LogP contribution in [0.2, 0.25) is 0 Å². The van der Waals surface area contributed by atoms with Gasteiger partial charge in [-0.15, -0.1) is 0 Å². The molecule has 2 aliphatic heterocycles. The quantitative estimate of drug-likeness (QED) is 0.574. The summed E-state index contributed by atoms with van der Waals surface area (Å²) in [4.78, 5) is 27.5. The lowest BCUT2D eigenvalue weighted by atomic mass is 10.1. The van der Waals surface area contributed by atoms with E-state index in [0.717, 1.165) is 55.4 Å². The monoisotopic (exact) mass is 447 g/mol. The zero-order valence-electron chi connectivity index (χ0n) is 19.1. The highest BCUT2D eigenvalue weighted by atomic mass is 16.6. The van der Waals surface area contributed by atoms with E-state index in [2.05, 4.69) is 43.9 Å². The number of benzene rings is 1. The highest BCUT2D eigenvalue weighted by Crippen LogP contribution is 2.28. The van der Waals surface area contributed by atoms with Crippen molar-refractivity contribution >= 4 is 11.9 Å². The molecule has 0 N–H and O–H groups in total. The molecular formula is C24H29N7O2. The van der Waals surface area contributed by atoms with E-state index in [1.165, 1.54) is 11.3 Å². The zero-order valence-corrected chi connectivity index (χ0v) is 19.1. The van der Waals surface area contributed by atoms with Gasteiger partial charge in [0.2, 0.25) is 0 Å². The Hall–Kier alpha value is -3.46. The number of aryl methyl sites for hydroxylation is 1. The fraction of sp³-hybridized carbons (Fsp3) is 0.417. The number of ether oxygens (including phenoxy) is 1. The lowest BCUT2D eigenvalue weighted by Crippen LogP contribution is -2.46. The second-order valence-electron chi connectivity index (χ2n) is 8.60. The van der Waals surface area contributed by atoms with Gasteiger partial charge in [-0.2, -0.15) is 5.10 Å². The summed E-state index contributed by atoms with van der Waals surface area (Å²) in [6.07, 6.45) is 5.23. The van der Waals surface area contributed by atoms with Crippen molar-refractivity contribution in [2.24, 2.45) is 7.05 Å². The largest absolute Gasteiger partial charge is 0.448 e. The number of nitrogens with zero attached hydrogens (tertiary/aromatic N) is 7. The first-order valence-electron chi connectivity index (χ1n) is 11.4. The van der Waals surface area contributed by atoms with Crippen LogP contribution in [0.5, 0.6) is 0 Å². The number of hydrogen-bond acceptors (Lipinski definition) is 7. The molecule has 3 aromatic rings. The van der Waals surface area contributed by atoms with E-state index in [1.54, 1.807) is 17.3 Å². The molecule has 2 saturated heterocycles. The summed E-state index contributed by atoms with van der Waals surface area (Å²) < 4.78 is 6.95. The van der Waals surface area contributed by atoms with E-state index in [9.17, 15) is 4.79 Å². The maximum atomic E-state index is 11.7. The number of piperazine rings is 1. The fourth-order valence-electron chi connectivity index (χ4n) is 4.38. The third-order valence-corrected chi connectivity index (χ3v) is 6.53. The second-order valence-corrected chi connectivity index (χ2v) is 8.60. The third kappa shape index (κ3) is 4.54. The van der Waals surface area contributed by atoms with E-state index < -0.39 is 0 Å². The molecule has 0 atom stereocenters. The highest BCUT2D eigenvalue weighted by Gasteiger charge is 2.23. The summed E-state index contributed by atoms with van der Waals surface area (Å²) in [7, 11) is 1.99. The normalized spacial score (nSPS) is 17.0. The van der Waals surface area contributed by atoms with Crippen LogP contribution in [0.15, 0.2) is 42.9 Å². The van der Waals surface area contributed by atoms with Crippen molar-refractivity contribution < 1.29 is 9.53 Å². The number of cyclic esters (lactones) is 1. The van der Waals surface area contributed by atoms with Gasteiger partial charge >= 0.3 is 6.09 Å². The lowest BCUT2D eigenvalue weighted by Gasteiger charge is -2.35. The summed E-state index contributed by atoms with van der Waals surface area (Å²) in [6.45, 7) is 8.45. The van der Waals surface area contributed by atoms with Crippen molar-refractivity contribution in [3.63, 3.8) is 0 Å². The number of anilines is 1. The average molecular weight is 448 g/mol. The molecule has 33 heavy (non-hydrogen) atoms. The van der Waals surface area contributed by atoms with E-state index in [0.29, 0.717) is 19.7 Å². The molecule has 1 aromatic carbocycles. The first-order chi connectivity index (χ1) is 16.1. The number of hydrogen-bond donors (Lipinski definition) is 0. The van der Waals surface area contributed by atoms with E-state index in [1.807, 2.05) is 30.1 Å². The van der Waals surface area contributed by atoms with Crippen LogP contribution in [-0.4, -0.2) is 75.0 Å². The first kappa shape index (κ1) is 21.4. The van der Waals surface area contributed by atoms with Crippen molar-refractivity contribution in [1.29, 1.82) is 0 Å². The highest BCUT2D eigenvalue weighted by molar-refractivity contribution is 5.72. The van der Waals surface area contributed by atoms with Crippen LogP contribution in [0.3, 0.4) is 0 Å². The SMILES string of the molecule is Cc1c(CN2CCN(c3nccnc3-c3ccc(CN4CCOC4=O)cc3)CC2)cnn1C. The molecule has 0 saturated carbocycles. The minimum Gasteiger partial charge on any atom is -0.448 e. The molecule has 0 spiro atoms. The van der Waals surface area contributed by atoms with Crippen molar-refractivity contribution in [2.45, 2.75) is 20.0 Å². The van der Waals surface area contributed by atoms with E-state index in [4.69, 9.17) is 4.74 Å². The van der Waals surface area contributed by atoms with Gasteiger partial charge in [0.25, 0.3) is 0 Å². The Labute approximate surface area is 193 Å². The predicted molar refractivity (Wildman–Crippen MR) is 125 cm³/mol.